The maximum atomic E-state index is 13.0. The first kappa shape index (κ1) is 13.7. The van der Waals surface area contributed by atoms with E-state index in [0.29, 0.717) is 5.92 Å². The minimum absolute atomic E-state index is 0.200. The van der Waals surface area contributed by atoms with Crippen LogP contribution in [0, 0.1) is 11.7 Å². The van der Waals surface area contributed by atoms with E-state index in [-0.39, 0.29) is 11.9 Å². The van der Waals surface area contributed by atoms with Crippen molar-refractivity contribution in [3.63, 3.8) is 0 Å². The predicted octanol–water partition coefficient (Wildman–Crippen LogP) is 4.28. The van der Waals surface area contributed by atoms with E-state index in [1.165, 1.54) is 12.1 Å². The minimum atomic E-state index is -0.200. The molecule has 1 nitrogen and oxygen atoms in total. The second kappa shape index (κ2) is 6.36. The van der Waals surface area contributed by atoms with Crippen molar-refractivity contribution in [2.45, 2.75) is 32.7 Å². The van der Waals surface area contributed by atoms with Crippen LogP contribution in [-0.4, -0.2) is 7.05 Å². The maximum absolute atomic E-state index is 13.0. The highest BCUT2D eigenvalue weighted by atomic mass is 79.9. The summed E-state index contributed by atoms with van der Waals surface area (Å²) in [6.07, 6.45) is 2.23. The highest BCUT2D eigenvalue weighted by Crippen LogP contribution is 2.29. The van der Waals surface area contributed by atoms with Gasteiger partial charge in [0.1, 0.15) is 5.82 Å². The maximum Gasteiger partial charge on any atom is 0.124 e. The fraction of sp³-hybridized carbons (Fsp3) is 0.538. The number of rotatable bonds is 5. The predicted molar refractivity (Wildman–Crippen MR) is 70.0 cm³/mol. The molecule has 0 aliphatic rings. The third-order valence-corrected chi connectivity index (χ3v) is 3.71. The average Bonchev–Trinajstić information content (AvgIpc) is 2.26. The number of hydrogen-bond acceptors (Lipinski definition) is 1. The summed E-state index contributed by atoms with van der Waals surface area (Å²) >= 11 is 3.42. The molecule has 3 heteroatoms. The summed E-state index contributed by atoms with van der Waals surface area (Å²) < 4.78 is 13.8. The molecule has 0 amide bonds. The highest BCUT2D eigenvalue weighted by molar-refractivity contribution is 9.10. The van der Waals surface area contributed by atoms with E-state index in [9.17, 15) is 4.39 Å². The smallest absolute Gasteiger partial charge is 0.124 e. The highest BCUT2D eigenvalue weighted by Gasteiger charge is 2.15. The van der Waals surface area contributed by atoms with Crippen molar-refractivity contribution in [3.8, 4) is 0 Å². The van der Waals surface area contributed by atoms with Gasteiger partial charge in [-0.15, -0.1) is 0 Å². The van der Waals surface area contributed by atoms with Gasteiger partial charge in [0.05, 0.1) is 0 Å². The van der Waals surface area contributed by atoms with Gasteiger partial charge in [-0.2, -0.15) is 0 Å². The summed E-state index contributed by atoms with van der Waals surface area (Å²) in [5.41, 5.74) is 1.13. The fourth-order valence-corrected chi connectivity index (χ4v) is 2.38. The Morgan fingerprint density at radius 2 is 2.12 bits per heavy atom. The molecule has 90 valence electrons. The molecule has 0 saturated heterocycles. The summed E-state index contributed by atoms with van der Waals surface area (Å²) in [4.78, 5) is 0. The van der Waals surface area contributed by atoms with Crippen LogP contribution in [0.1, 0.15) is 38.3 Å². The fourth-order valence-electron chi connectivity index (χ4n) is 1.75. The first-order valence-electron chi connectivity index (χ1n) is 5.70. The molecule has 0 bridgehead atoms. The summed E-state index contributed by atoms with van der Waals surface area (Å²) in [5, 5.41) is 3.29. The number of nitrogens with one attached hydrogen (secondary N) is 1. The Balaban J connectivity index is 2.86. The van der Waals surface area contributed by atoms with Crippen LogP contribution in [0.25, 0.3) is 0 Å². The minimum Gasteiger partial charge on any atom is -0.313 e. The molecule has 1 rings (SSSR count). The van der Waals surface area contributed by atoms with Crippen molar-refractivity contribution in [2.24, 2.45) is 5.92 Å². The molecule has 0 aromatic heterocycles. The van der Waals surface area contributed by atoms with Crippen molar-refractivity contribution in [1.82, 2.24) is 5.32 Å². The van der Waals surface area contributed by atoms with Gasteiger partial charge in [-0.25, -0.2) is 4.39 Å². The summed E-state index contributed by atoms with van der Waals surface area (Å²) in [6, 6.07) is 5.17. The molecule has 0 spiro atoms. The zero-order valence-electron chi connectivity index (χ0n) is 10.1. The first-order valence-corrected chi connectivity index (χ1v) is 6.50. The Morgan fingerprint density at radius 3 is 2.62 bits per heavy atom. The first-order chi connectivity index (χ1) is 7.58. The van der Waals surface area contributed by atoms with Crippen molar-refractivity contribution >= 4 is 15.9 Å². The van der Waals surface area contributed by atoms with Crippen LogP contribution in [0.15, 0.2) is 22.7 Å². The van der Waals surface area contributed by atoms with Crippen LogP contribution in [0.3, 0.4) is 0 Å². The lowest BCUT2D eigenvalue weighted by atomic mass is 9.94. The number of hydrogen-bond donors (Lipinski definition) is 1. The van der Waals surface area contributed by atoms with Gasteiger partial charge in [-0.05, 0) is 37.1 Å². The Hall–Kier alpha value is -0.410. The molecule has 0 radical (unpaired) electrons. The van der Waals surface area contributed by atoms with Gasteiger partial charge in [0.15, 0.2) is 0 Å². The Morgan fingerprint density at radius 1 is 1.44 bits per heavy atom. The normalized spacial score (nSPS) is 14.8. The zero-order valence-corrected chi connectivity index (χ0v) is 11.6. The van der Waals surface area contributed by atoms with E-state index in [1.54, 1.807) is 0 Å². The van der Waals surface area contributed by atoms with Crippen molar-refractivity contribution in [2.75, 3.05) is 7.05 Å². The molecular formula is C13H19BrFN. The van der Waals surface area contributed by atoms with E-state index < -0.39 is 0 Å². The van der Waals surface area contributed by atoms with Gasteiger partial charge in [-0.1, -0.05) is 42.3 Å². The third kappa shape index (κ3) is 3.56. The van der Waals surface area contributed by atoms with Crippen LogP contribution >= 0.6 is 15.9 Å². The Kier molecular flexibility index (Phi) is 5.42. The van der Waals surface area contributed by atoms with Crippen molar-refractivity contribution in [1.29, 1.82) is 0 Å². The molecule has 0 aliphatic heterocycles. The standard InChI is InChI=1S/C13H19BrFN/c1-4-9(2)7-13(16-3)11-6-5-10(15)8-12(11)14/h5-6,8-9,13,16H,4,7H2,1-3H3. The summed E-state index contributed by atoms with van der Waals surface area (Å²) in [5.74, 6) is 0.462. The summed E-state index contributed by atoms with van der Waals surface area (Å²) in [7, 11) is 1.95. The van der Waals surface area contributed by atoms with E-state index in [1.807, 2.05) is 13.1 Å². The van der Waals surface area contributed by atoms with Crippen LogP contribution in [0.2, 0.25) is 0 Å². The van der Waals surface area contributed by atoms with E-state index in [0.717, 1.165) is 22.9 Å². The lowest BCUT2D eigenvalue weighted by molar-refractivity contribution is 0.420. The second-order valence-electron chi connectivity index (χ2n) is 4.26. The molecular weight excluding hydrogens is 269 g/mol. The third-order valence-electron chi connectivity index (χ3n) is 3.02. The molecule has 16 heavy (non-hydrogen) atoms. The van der Waals surface area contributed by atoms with Crippen molar-refractivity contribution < 1.29 is 4.39 Å². The Bertz CT molecular complexity index is 341. The summed E-state index contributed by atoms with van der Waals surface area (Å²) in [6.45, 7) is 4.43. The quantitative estimate of drug-likeness (QED) is 0.852. The molecule has 0 heterocycles. The number of halogens is 2. The van der Waals surface area contributed by atoms with Gasteiger partial charge in [0.25, 0.3) is 0 Å². The topological polar surface area (TPSA) is 12.0 Å². The molecule has 0 fully saturated rings. The zero-order chi connectivity index (χ0) is 12.1. The lowest BCUT2D eigenvalue weighted by Gasteiger charge is -2.21. The van der Waals surface area contributed by atoms with Gasteiger partial charge in [0.2, 0.25) is 0 Å². The molecule has 1 aromatic carbocycles. The van der Waals surface area contributed by atoms with Crippen LogP contribution < -0.4 is 5.32 Å². The van der Waals surface area contributed by atoms with E-state index >= 15 is 0 Å². The SMILES string of the molecule is CCC(C)CC(NC)c1ccc(F)cc1Br. The Labute approximate surface area is 106 Å². The number of benzene rings is 1. The molecule has 1 N–H and O–H groups in total. The van der Waals surface area contributed by atoms with Crippen LogP contribution in [0.4, 0.5) is 4.39 Å². The van der Waals surface area contributed by atoms with E-state index in [2.05, 4.69) is 35.1 Å². The van der Waals surface area contributed by atoms with E-state index in [4.69, 9.17) is 0 Å². The molecule has 2 unspecified atom stereocenters. The van der Waals surface area contributed by atoms with Crippen LogP contribution in [-0.2, 0) is 0 Å². The lowest BCUT2D eigenvalue weighted by Crippen LogP contribution is -2.19. The van der Waals surface area contributed by atoms with Gasteiger partial charge >= 0.3 is 0 Å². The molecule has 2 atom stereocenters. The molecule has 1 aromatic rings. The molecule has 0 saturated carbocycles. The van der Waals surface area contributed by atoms with Gasteiger partial charge in [0, 0.05) is 10.5 Å². The largest absolute Gasteiger partial charge is 0.313 e. The second-order valence-corrected chi connectivity index (χ2v) is 5.11. The van der Waals surface area contributed by atoms with Gasteiger partial charge < -0.3 is 5.32 Å². The monoisotopic (exact) mass is 287 g/mol. The van der Waals surface area contributed by atoms with Crippen molar-refractivity contribution in [3.05, 3.63) is 34.1 Å². The molecule has 0 aliphatic carbocycles. The van der Waals surface area contributed by atoms with Crippen LogP contribution in [0.5, 0.6) is 0 Å². The average molecular weight is 288 g/mol. The van der Waals surface area contributed by atoms with Gasteiger partial charge in [-0.3, -0.25) is 0 Å².